The van der Waals surface area contributed by atoms with Crippen LogP contribution in [0.1, 0.15) is 25.0 Å². The predicted octanol–water partition coefficient (Wildman–Crippen LogP) is 11.8. The van der Waals surface area contributed by atoms with E-state index in [4.69, 9.17) is 9.97 Å². The van der Waals surface area contributed by atoms with Crippen molar-refractivity contribution < 1.29 is 0 Å². The minimum absolute atomic E-state index is 0.0762. The summed E-state index contributed by atoms with van der Waals surface area (Å²) in [5.74, 6) is 0.732. The van der Waals surface area contributed by atoms with Crippen molar-refractivity contribution >= 4 is 31.5 Å². The molecule has 0 N–H and O–H groups in total. The van der Waals surface area contributed by atoms with E-state index in [1.165, 1.54) is 53.6 Å². The van der Waals surface area contributed by atoms with Gasteiger partial charge in [-0.1, -0.05) is 141 Å². The van der Waals surface area contributed by atoms with Gasteiger partial charge in [-0.15, -0.1) is 11.3 Å². The van der Waals surface area contributed by atoms with Crippen LogP contribution < -0.4 is 0 Å². The molecule has 0 spiro atoms. The number of aromatic nitrogens is 2. The molecule has 2 aromatic heterocycles. The van der Waals surface area contributed by atoms with E-state index in [1.54, 1.807) is 0 Å². The Morgan fingerprint density at radius 3 is 1.93 bits per heavy atom. The Hall–Kier alpha value is -5.38. The van der Waals surface area contributed by atoms with Crippen LogP contribution in [0.25, 0.3) is 76.3 Å². The van der Waals surface area contributed by atoms with Gasteiger partial charge in [0, 0.05) is 42.3 Å². The zero-order chi connectivity index (χ0) is 30.8. The first-order chi connectivity index (χ1) is 22.5. The van der Waals surface area contributed by atoms with E-state index in [-0.39, 0.29) is 5.41 Å². The van der Waals surface area contributed by atoms with Crippen LogP contribution in [0.5, 0.6) is 0 Å². The van der Waals surface area contributed by atoms with Gasteiger partial charge in [0.25, 0.3) is 0 Å². The maximum absolute atomic E-state index is 5.13. The predicted molar refractivity (Wildman–Crippen MR) is 194 cm³/mol. The highest BCUT2D eigenvalue weighted by atomic mass is 32.1. The number of hydrogen-bond donors (Lipinski definition) is 0. The second-order valence-electron chi connectivity index (χ2n) is 12.6. The fraction of sp³-hybridized carbons (Fsp3) is 0.0698. The third kappa shape index (κ3) is 4.23. The number of benzene rings is 6. The highest BCUT2D eigenvalue weighted by Gasteiger charge is 2.35. The smallest absolute Gasteiger partial charge is 0.160 e. The quantitative estimate of drug-likeness (QED) is 0.199. The second-order valence-corrected chi connectivity index (χ2v) is 13.7. The second kappa shape index (κ2) is 10.3. The fourth-order valence-corrected chi connectivity index (χ4v) is 8.36. The summed E-state index contributed by atoms with van der Waals surface area (Å²) >= 11 is 1.87. The maximum atomic E-state index is 5.13. The van der Waals surface area contributed by atoms with Crippen molar-refractivity contribution in [2.24, 2.45) is 0 Å². The van der Waals surface area contributed by atoms with Crippen LogP contribution >= 0.6 is 11.3 Å². The van der Waals surface area contributed by atoms with Gasteiger partial charge in [0.05, 0.1) is 11.4 Å². The average Bonchev–Trinajstić information content (AvgIpc) is 3.61. The Morgan fingerprint density at radius 2 is 1.09 bits per heavy atom. The van der Waals surface area contributed by atoms with Crippen molar-refractivity contribution in [3.63, 3.8) is 0 Å². The van der Waals surface area contributed by atoms with Crippen molar-refractivity contribution in [2.45, 2.75) is 19.3 Å². The molecule has 0 fully saturated rings. The normalized spacial score (nSPS) is 13.2. The van der Waals surface area contributed by atoms with E-state index in [9.17, 15) is 0 Å². The molecule has 218 valence electrons. The lowest BCUT2D eigenvalue weighted by atomic mass is 9.82. The summed E-state index contributed by atoms with van der Waals surface area (Å²) in [6, 6.07) is 52.2. The lowest BCUT2D eigenvalue weighted by Gasteiger charge is -2.22. The summed E-state index contributed by atoms with van der Waals surface area (Å²) in [4.78, 5) is 10.2. The molecule has 2 heterocycles. The molecule has 3 heteroatoms. The van der Waals surface area contributed by atoms with Crippen molar-refractivity contribution in [1.29, 1.82) is 0 Å². The van der Waals surface area contributed by atoms with Gasteiger partial charge >= 0.3 is 0 Å². The number of thiophene rings is 1. The molecule has 0 amide bonds. The Balaban J connectivity index is 1.15. The van der Waals surface area contributed by atoms with Gasteiger partial charge < -0.3 is 0 Å². The summed E-state index contributed by atoms with van der Waals surface area (Å²) in [7, 11) is 0. The lowest BCUT2D eigenvalue weighted by Crippen LogP contribution is -2.14. The van der Waals surface area contributed by atoms with Crippen LogP contribution in [0, 0.1) is 0 Å². The molecule has 0 saturated heterocycles. The fourth-order valence-electron chi connectivity index (χ4n) is 7.12. The first-order valence-corrected chi connectivity index (χ1v) is 16.6. The van der Waals surface area contributed by atoms with Gasteiger partial charge in [-0.05, 0) is 51.6 Å². The highest BCUT2D eigenvalue weighted by Crippen LogP contribution is 2.49. The molecule has 0 saturated carbocycles. The van der Waals surface area contributed by atoms with Crippen molar-refractivity contribution in [2.75, 3.05) is 0 Å². The highest BCUT2D eigenvalue weighted by molar-refractivity contribution is 7.26. The van der Waals surface area contributed by atoms with Gasteiger partial charge in [0.15, 0.2) is 5.82 Å². The van der Waals surface area contributed by atoms with Crippen molar-refractivity contribution in [1.82, 2.24) is 9.97 Å². The van der Waals surface area contributed by atoms with Gasteiger partial charge in [0.1, 0.15) is 0 Å². The maximum Gasteiger partial charge on any atom is 0.160 e. The zero-order valence-electron chi connectivity index (χ0n) is 25.7. The molecule has 8 aromatic rings. The monoisotopic (exact) mass is 606 g/mol. The standard InChI is InChI=1S/C43H30N2S/c1-43(2)36-17-8-6-13-32(36)33-24-23-30(25-37(33)43)39-26-38(44-42(45-39)29-11-4-3-5-12-29)28-21-19-27(20-22-28)31-15-10-16-35-34-14-7-9-18-40(34)46-41(31)35/h3-26H,1-2H3. The van der Waals surface area contributed by atoms with E-state index in [1.807, 2.05) is 29.5 Å². The SMILES string of the molecule is CC1(C)c2ccccc2-c2ccc(-c3cc(-c4ccc(-c5cccc6c5sc5ccccc56)cc4)nc(-c4ccccc4)n3)cc21. The Bertz CT molecular complexity index is 2440. The summed E-state index contributed by atoms with van der Waals surface area (Å²) < 4.78 is 2.65. The Labute approximate surface area is 272 Å². The molecule has 1 aliphatic rings. The number of fused-ring (bicyclic) bond motifs is 6. The molecule has 6 aromatic carbocycles. The lowest BCUT2D eigenvalue weighted by molar-refractivity contribution is 0.660. The van der Waals surface area contributed by atoms with E-state index in [0.29, 0.717) is 0 Å². The molecule has 2 nitrogen and oxygen atoms in total. The van der Waals surface area contributed by atoms with Crippen LogP contribution in [0.4, 0.5) is 0 Å². The van der Waals surface area contributed by atoms with Gasteiger partial charge in [-0.2, -0.15) is 0 Å². The van der Waals surface area contributed by atoms with E-state index in [2.05, 4.69) is 141 Å². The molecular formula is C43H30N2S. The zero-order valence-corrected chi connectivity index (χ0v) is 26.5. The van der Waals surface area contributed by atoms with Crippen molar-refractivity contribution in [3.05, 3.63) is 157 Å². The van der Waals surface area contributed by atoms with E-state index < -0.39 is 0 Å². The number of rotatable bonds is 4. The van der Waals surface area contributed by atoms with Gasteiger partial charge in [-0.3, -0.25) is 0 Å². The third-order valence-electron chi connectivity index (χ3n) is 9.53. The van der Waals surface area contributed by atoms with Gasteiger partial charge in [0.2, 0.25) is 0 Å². The van der Waals surface area contributed by atoms with Crippen LogP contribution in [0.2, 0.25) is 0 Å². The summed E-state index contributed by atoms with van der Waals surface area (Å²) in [5, 5.41) is 2.64. The largest absolute Gasteiger partial charge is 0.228 e. The molecular weight excluding hydrogens is 577 g/mol. The minimum Gasteiger partial charge on any atom is -0.228 e. The molecule has 0 bridgehead atoms. The number of nitrogens with zero attached hydrogens (tertiary/aromatic N) is 2. The summed E-state index contributed by atoms with van der Waals surface area (Å²) in [6.45, 7) is 4.65. The van der Waals surface area contributed by atoms with Crippen molar-refractivity contribution in [3.8, 4) is 56.2 Å². The summed E-state index contributed by atoms with van der Waals surface area (Å²) in [5.41, 5.74) is 12.8. The Morgan fingerprint density at radius 1 is 0.457 bits per heavy atom. The third-order valence-corrected chi connectivity index (χ3v) is 10.8. The molecule has 1 aliphatic carbocycles. The summed E-state index contributed by atoms with van der Waals surface area (Å²) in [6.07, 6.45) is 0. The first kappa shape index (κ1) is 27.0. The number of hydrogen-bond acceptors (Lipinski definition) is 3. The van der Waals surface area contributed by atoms with E-state index >= 15 is 0 Å². The molecule has 46 heavy (non-hydrogen) atoms. The Kier molecular flexibility index (Phi) is 6.06. The average molecular weight is 607 g/mol. The molecule has 0 radical (unpaired) electrons. The molecule has 0 unspecified atom stereocenters. The van der Waals surface area contributed by atoms with Gasteiger partial charge in [-0.25, -0.2) is 9.97 Å². The topological polar surface area (TPSA) is 25.8 Å². The molecule has 0 aliphatic heterocycles. The molecule has 9 rings (SSSR count). The van der Waals surface area contributed by atoms with Crippen LogP contribution in [0.3, 0.4) is 0 Å². The minimum atomic E-state index is -0.0762. The first-order valence-electron chi connectivity index (χ1n) is 15.7. The van der Waals surface area contributed by atoms with Crippen LogP contribution in [0.15, 0.2) is 146 Å². The van der Waals surface area contributed by atoms with E-state index in [0.717, 1.165) is 33.9 Å². The van der Waals surface area contributed by atoms with Crippen LogP contribution in [-0.2, 0) is 5.41 Å². The molecule has 0 atom stereocenters. The van der Waals surface area contributed by atoms with Crippen LogP contribution in [-0.4, -0.2) is 9.97 Å².